The molecule has 2 fully saturated rings. The summed E-state index contributed by atoms with van der Waals surface area (Å²) in [7, 11) is 0. The summed E-state index contributed by atoms with van der Waals surface area (Å²) in [6.07, 6.45) is 3.68. The second-order valence-corrected chi connectivity index (χ2v) is 5.46. The van der Waals surface area contributed by atoms with E-state index in [4.69, 9.17) is 4.74 Å². The van der Waals surface area contributed by atoms with Crippen LogP contribution in [0.25, 0.3) is 0 Å². The summed E-state index contributed by atoms with van der Waals surface area (Å²) < 4.78 is 5.16. The lowest BCUT2D eigenvalue weighted by molar-refractivity contribution is -0.150. The van der Waals surface area contributed by atoms with Crippen molar-refractivity contribution in [3.05, 3.63) is 0 Å². The van der Waals surface area contributed by atoms with Crippen molar-refractivity contribution in [3.8, 4) is 0 Å². The number of rotatable bonds is 6. The highest BCUT2D eigenvalue weighted by Crippen LogP contribution is 2.30. The Balaban J connectivity index is 1.77. The van der Waals surface area contributed by atoms with Crippen molar-refractivity contribution >= 4 is 5.97 Å². The zero-order valence-electron chi connectivity index (χ0n) is 11.7. The van der Waals surface area contributed by atoms with Gasteiger partial charge in [0.2, 0.25) is 0 Å². The second-order valence-electron chi connectivity index (χ2n) is 5.46. The zero-order chi connectivity index (χ0) is 13.0. The van der Waals surface area contributed by atoms with E-state index in [1.807, 2.05) is 6.92 Å². The molecule has 0 aromatic rings. The summed E-state index contributed by atoms with van der Waals surface area (Å²) in [4.78, 5) is 16.7. The number of esters is 1. The van der Waals surface area contributed by atoms with Gasteiger partial charge in [-0.05, 0) is 32.1 Å². The lowest BCUT2D eigenvalue weighted by Crippen LogP contribution is -2.53. The van der Waals surface area contributed by atoms with Crippen LogP contribution in [0.5, 0.6) is 0 Å². The van der Waals surface area contributed by atoms with Gasteiger partial charge in [-0.25, -0.2) is 0 Å². The van der Waals surface area contributed by atoms with Crippen LogP contribution >= 0.6 is 0 Å². The maximum absolute atomic E-state index is 11.9. The Morgan fingerprint density at radius 3 is 2.39 bits per heavy atom. The van der Waals surface area contributed by atoms with Crippen molar-refractivity contribution in [3.63, 3.8) is 0 Å². The summed E-state index contributed by atoms with van der Waals surface area (Å²) in [6, 6.07) is -0.0342. The minimum absolute atomic E-state index is 0.0342. The second kappa shape index (κ2) is 6.53. The molecule has 0 spiro atoms. The van der Waals surface area contributed by atoms with E-state index in [1.165, 1.54) is 19.4 Å². The van der Waals surface area contributed by atoms with Gasteiger partial charge >= 0.3 is 5.97 Å². The van der Waals surface area contributed by atoms with Crippen LogP contribution in [0.1, 0.15) is 33.1 Å². The molecule has 0 aromatic carbocycles. The molecule has 1 heterocycles. The van der Waals surface area contributed by atoms with E-state index in [0.717, 1.165) is 38.5 Å². The molecule has 1 saturated carbocycles. The highest BCUT2D eigenvalue weighted by atomic mass is 16.5. The number of carbonyl (C=O) groups excluding carboxylic acids is 1. The molecule has 0 radical (unpaired) electrons. The number of nitrogens with zero attached hydrogens (tertiary/aromatic N) is 2. The molecule has 1 atom stereocenters. The van der Waals surface area contributed by atoms with Crippen LogP contribution < -0.4 is 0 Å². The van der Waals surface area contributed by atoms with Gasteiger partial charge in [0.05, 0.1) is 6.61 Å². The number of hydrogen-bond acceptors (Lipinski definition) is 4. The van der Waals surface area contributed by atoms with E-state index in [9.17, 15) is 4.79 Å². The fourth-order valence-corrected chi connectivity index (χ4v) is 2.74. The number of piperazine rings is 1. The van der Waals surface area contributed by atoms with Gasteiger partial charge in [-0.2, -0.15) is 0 Å². The zero-order valence-corrected chi connectivity index (χ0v) is 11.7. The van der Waals surface area contributed by atoms with Crippen LogP contribution in [-0.4, -0.2) is 61.1 Å². The van der Waals surface area contributed by atoms with Gasteiger partial charge in [0, 0.05) is 32.7 Å². The normalized spacial score (nSPS) is 23.9. The van der Waals surface area contributed by atoms with Crippen molar-refractivity contribution < 1.29 is 9.53 Å². The Morgan fingerprint density at radius 2 is 1.89 bits per heavy atom. The fraction of sp³-hybridized carbons (Fsp3) is 0.929. The van der Waals surface area contributed by atoms with Crippen molar-refractivity contribution in [1.29, 1.82) is 0 Å². The highest BCUT2D eigenvalue weighted by Gasteiger charge is 2.30. The van der Waals surface area contributed by atoms with Gasteiger partial charge in [-0.3, -0.25) is 9.69 Å². The molecule has 0 amide bonds. The lowest BCUT2D eigenvalue weighted by atomic mass is 10.1. The molecule has 2 aliphatic rings. The van der Waals surface area contributed by atoms with E-state index >= 15 is 0 Å². The molecule has 4 nitrogen and oxygen atoms in total. The molecular formula is C14H26N2O2. The smallest absolute Gasteiger partial charge is 0.323 e. The average Bonchev–Trinajstić information content (AvgIpc) is 3.16. The van der Waals surface area contributed by atoms with Crippen molar-refractivity contribution in [2.24, 2.45) is 5.92 Å². The molecule has 0 aromatic heterocycles. The largest absolute Gasteiger partial charge is 0.465 e. The first-order valence-corrected chi connectivity index (χ1v) is 7.37. The van der Waals surface area contributed by atoms with Crippen LogP contribution in [0, 0.1) is 5.92 Å². The quantitative estimate of drug-likeness (QED) is 0.670. The summed E-state index contributed by atoms with van der Waals surface area (Å²) >= 11 is 0. The number of hydrogen-bond donors (Lipinski definition) is 0. The minimum Gasteiger partial charge on any atom is -0.465 e. The standard InChI is InChI=1S/C14H26N2O2/c1-3-13(14(17)18-4-2)16-9-7-15(8-10-16)11-12-5-6-12/h12-13H,3-11H2,1-2H3. The van der Waals surface area contributed by atoms with Crippen LogP contribution in [0.4, 0.5) is 0 Å². The summed E-state index contributed by atoms with van der Waals surface area (Å²) in [5.41, 5.74) is 0. The van der Waals surface area contributed by atoms with Crippen LogP contribution in [-0.2, 0) is 9.53 Å². The first-order valence-electron chi connectivity index (χ1n) is 7.37. The Hall–Kier alpha value is -0.610. The molecule has 104 valence electrons. The Bertz CT molecular complexity index is 271. The van der Waals surface area contributed by atoms with Gasteiger partial charge in [0.1, 0.15) is 6.04 Å². The van der Waals surface area contributed by atoms with Crippen molar-refractivity contribution in [2.45, 2.75) is 39.2 Å². The predicted molar refractivity (Wildman–Crippen MR) is 71.4 cm³/mol. The molecule has 1 aliphatic heterocycles. The van der Waals surface area contributed by atoms with Gasteiger partial charge in [-0.15, -0.1) is 0 Å². The van der Waals surface area contributed by atoms with E-state index < -0.39 is 0 Å². The van der Waals surface area contributed by atoms with Gasteiger partial charge in [-0.1, -0.05) is 6.92 Å². The van der Waals surface area contributed by atoms with Crippen molar-refractivity contribution in [2.75, 3.05) is 39.3 Å². The Morgan fingerprint density at radius 1 is 1.22 bits per heavy atom. The molecule has 1 saturated heterocycles. The monoisotopic (exact) mass is 254 g/mol. The average molecular weight is 254 g/mol. The molecular weight excluding hydrogens is 228 g/mol. The van der Waals surface area contributed by atoms with E-state index in [1.54, 1.807) is 0 Å². The third kappa shape index (κ3) is 3.69. The fourth-order valence-electron chi connectivity index (χ4n) is 2.74. The van der Waals surface area contributed by atoms with Gasteiger partial charge in [0.15, 0.2) is 0 Å². The summed E-state index contributed by atoms with van der Waals surface area (Å²) in [6.45, 7) is 9.91. The highest BCUT2D eigenvalue weighted by molar-refractivity contribution is 5.75. The van der Waals surface area contributed by atoms with Gasteiger partial charge in [0.25, 0.3) is 0 Å². The van der Waals surface area contributed by atoms with Crippen molar-refractivity contribution in [1.82, 2.24) is 9.80 Å². The van der Waals surface area contributed by atoms with Crippen LogP contribution in [0.2, 0.25) is 0 Å². The first kappa shape index (κ1) is 13.8. The van der Waals surface area contributed by atoms with Crippen LogP contribution in [0.3, 0.4) is 0 Å². The molecule has 0 N–H and O–H groups in total. The molecule has 1 aliphatic carbocycles. The molecule has 4 heteroatoms. The SMILES string of the molecule is CCOC(=O)C(CC)N1CCN(CC2CC2)CC1. The third-order valence-electron chi connectivity index (χ3n) is 4.01. The van der Waals surface area contributed by atoms with Gasteiger partial charge < -0.3 is 9.64 Å². The maximum atomic E-state index is 11.9. The van der Waals surface area contributed by atoms with E-state index in [2.05, 4.69) is 16.7 Å². The van der Waals surface area contributed by atoms with E-state index in [-0.39, 0.29) is 12.0 Å². The summed E-state index contributed by atoms with van der Waals surface area (Å²) in [5.74, 6) is 0.916. The Labute approximate surface area is 110 Å². The Kier molecular flexibility index (Phi) is 5.01. The number of carbonyl (C=O) groups is 1. The van der Waals surface area contributed by atoms with Crippen LogP contribution in [0.15, 0.2) is 0 Å². The maximum Gasteiger partial charge on any atom is 0.323 e. The van der Waals surface area contributed by atoms with E-state index in [0.29, 0.717) is 6.61 Å². The minimum atomic E-state index is -0.0457. The predicted octanol–water partition coefficient (Wildman–Crippen LogP) is 1.36. The topological polar surface area (TPSA) is 32.8 Å². The number of ether oxygens (including phenoxy) is 1. The first-order chi connectivity index (χ1) is 8.74. The molecule has 1 unspecified atom stereocenters. The molecule has 2 rings (SSSR count). The molecule has 0 bridgehead atoms. The third-order valence-corrected chi connectivity index (χ3v) is 4.01. The lowest BCUT2D eigenvalue weighted by Gasteiger charge is -2.38. The molecule has 18 heavy (non-hydrogen) atoms. The summed E-state index contributed by atoms with van der Waals surface area (Å²) in [5, 5.41) is 0.